The largest absolute Gasteiger partial charge is 0.507 e. The number of piperazine rings is 1. The second kappa shape index (κ2) is 7.40. The van der Waals surface area contributed by atoms with Crippen molar-refractivity contribution in [2.75, 3.05) is 18.4 Å². The van der Waals surface area contributed by atoms with Crippen molar-refractivity contribution in [1.82, 2.24) is 10.2 Å². The van der Waals surface area contributed by atoms with E-state index in [2.05, 4.69) is 17.2 Å². The van der Waals surface area contributed by atoms with Crippen molar-refractivity contribution in [2.45, 2.75) is 6.04 Å². The van der Waals surface area contributed by atoms with Gasteiger partial charge in [0.1, 0.15) is 11.8 Å². The number of rotatable bonds is 4. The Morgan fingerprint density at radius 1 is 1.38 bits per heavy atom. The lowest BCUT2D eigenvalue weighted by Crippen LogP contribution is -2.51. The lowest BCUT2D eigenvalue weighted by molar-refractivity contribution is -0.128. The Balaban J connectivity index is 1.94. The highest BCUT2D eigenvalue weighted by Gasteiger charge is 2.36. The zero-order valence-electron chi connectivity index (χ0n) is 13.8. The molecule has 1 aromatic heterocycles. The number of hydrogen-bond donors (Lipinski definition) is 3. The maximum absolute atomic E-state index is 13.0. The number of thiophene rings is 1. The molecule has 2 aromatic rings. The molecule has 0 spiro atoms. The summed E-state index contributed by atoms with van der Waals surface area (Å²) in [6.45, 7) is 4.02. The van der Waals surface area contributed by atoms with E-state index in [1.54, 1.807) is 6.07 Å². The highest BCUT2D eigenvalue weighted by atomic mass is 32.1. The molecule has 0 aliphatic carbocycles. The second-order valence-electron chi connectivity index (χ2n) is 5.63. The van der Waals surface area contributed by atoms with E-state index in [1.807, 2.05) is 11.4 Å². The molecule has 1 saturated heterocycles. The van der Waals surface area contributed by atoms with Crippen LogP contribution in [0.3, 0.4) is 0 Å². The molecule has 2 heterocycles. The Hall–Kier alpha value is -3.13. The average Bonchev–Trinajstić information content (AvgIpc) is 3.16. The fourth-order valence-corrected chi connectivity index (χ4v) is 3.58. The van der Waals surface area contributed by atoms with E-state index in [9.17, 15) is 19.5 Å². The summed E-state index contributed by atoms with van der Waals surface area (Å²) in [5.74, 6) is -1.39. The van der Waals surface area contributed by atoms with Crippen LogP contribution in [0.25, 0.3) is 0 Å². The summed E-state index contributed by atoms with van der Waals surface area (Å²) in [7, 11) is 0. The number of carbonyl (C=O) groups excluding carboxylic acids is 3. The number of phenols is 1. The van der Waals surface area contributed by atoms with Gasteiger partial charge in [0.15, 0.2) is 0 Å². The number of nitrogens with zero attached hydrogens (tertiary/aromatic N) is 1. The zero-order chi connectivity index (χ0) is 18.7. The van der Waals surface area contributed by atoms with Crippen molar-refractivity contribution in [3.05, 3.63) is 58.8 Å². The first-order chi connectivity index (χ1) is 12.5. The van der Waals surface area contributed by atoms with E-state index in [-0.39, 0.29) is 17.2 Å². The number of aromatic hydroxyl groups is 1. The second-order valence-corrected chi connectivity index (χ2v) is 6.61. The fourth-order valence-electron chi connectivity index (χ4n) is 2.75. The molecule has 3 amide bonds. The number of nitrogens with one attached hydrogen (secondary N) is 2. The van der Waals surface area contributed by atoms with E-state index in [0.717, 1.165) is 11.0 Å². The van der Waals surface area contributed by atoms with Crippen molar-refractivity contribution >= 4 is 34.7 Å². The van der Waals surface area contributed by atoms with E-state index < -0.39 is 17.9 Å². The molecule has 8 heteroatoms. The average molecular weight is 371 g/mol. The van der Waals surface area contributed by atoms with Crippen LogP contribution in [-0.4, -0.2) is 40.8 Å². The van der Waals surface area contributed by atoms with Crippen LogP contribution in [0.15, 0.2) is 48.4 Å². The lowest BCUT2D eigenvalue weighted by Gasteiger charge is -2.34. The first kappa shape index (κ1) is 17.7. The van der Waals surface area contributed by atoms with Gasteiger partial charge in [-0.1, -0.05) is 12.6 Å². The summed E-state index contributed by atoms with van der Waals surface area (Å²) in [5, 5.41) is 17.3. The Morgan fingerprint density at radius 3 is 2.88 bits per heavy atom. The summed E-state index contributed by atoms with van der Waals surface area (Å²) in [6, 6.07) is 7.05. The third kappa shape index (κ3) is 3.45. The van der Waals surface area contributed by atoms with Crippen LogP contribution in [-0.2, 0) is 9.59 Å². The van der Waals surface area contributed by atoms with Gasteiger partial charge in [-0.25, -0.2) is 0 Å². The molecule has 0 bridgehead atoms. The van der Waals surface area contributed by atoms with Crippen LogP contribution < -0.4 is 10.6 Å². The van der Waals surface area contributed by atoms with Crippen LogP contribution in [0.4, 0.5) is 5.69 Å². The first-order valence-electron chi connectivity index (χ1n) is 7.90. The number of carbonyl (C=O) groups is 3. The van der Waals surface area contributed by atoms with Gasteiger partial charge >= 0.3 is 0 Å². The highest BCUT2D eigenvalue weighted by molar-refractivity contribution is 7.10. The Bertz CT molecular complexity index is 863. The highest BCUT2D eigenvalue weighted by Crippen LogP contribution is 2.31. The van der Waals surface area contributed by atoms with Gasteiger partial charge in [0.05, 0.1) is 5.56 Å². The Morgan fingerprint density at radius 2 is 2.19 bits per heavy atom. The normalized spacial score (nSPS) is 16.7. The van der Waals surface area contributed by atoms with Gasteiger partial charge in [0, 0.05) is 23.7 Å². The number of hydrogen-bond acceptors (Lipinski definition) is 5. The molecular weight excluding hydrogens is 354 g/mol. The molecule has 1 fully saturated rings. The van der Waals surface area contributed by atoms with Crippen LogP contribution in [0.2, 0.25) is 0 Å². The van der Waals surface area contributed by atoms with Crippen molar-refractivity contribution in [2.24, 2.45) is 0 Å². The summed E-state index contributed by atoms with van der Waals surface area (Å²) >= 11 is 1.38. The summed E-state index contributed by atoms with van der Waals surface area (Å²) in [5.41, 5.74) is 0.369. The first-order valence-corrected chi connectivity index (χ1v) is 8.77. The molecule has 26 heavy (non-hydrogen) atoms. The molecule has 1 atom stereocenters. The third-order valence-electron chi connectivity index (χ3n) is 3.97. The smallest absolute Gasteiger partial charge is 0.258 e. The Kier molecular flexibility index (Phi) is 5.04. The number of phenolic OH excluding ortho intramolecular Hbond substituents is 1. The molecule has 0 radical (unpaired) electrons. The molecule has 1 unspecified atom stereocenters. The third-order valence-corrected chi connectivity index (χ3v) is 4.89. The lowest BCUT2D eigenvalue weighted by atomic mass is 10.1. The van der Waals surface area contributed by atoms with E-state index >= 15 is 0 Å². The molecular formula is C18H17N3O4S. The van der Waals surface area contributed by atoms with E-state index in [4.69, 9.17) is 0 Å². The van der Waals surface area contributed by atoms with Gasteiger partial charge in [-0.05, 0) is 35.7 Å². The number of anilines is 1. The standard InChI is InChI=1S/C18H17N3O4S/c1-2-15(23)20-11-5-6-13(22)12(10-11)18(25)21-8-7-19-17(24)16(21)14-4-3-9-26-14/h2-6,9-10,16,22H,1,7-8H2,(H,19,24)(H,20,23). The van der Waals surface area contributed by atoms with Crippen LogP contribution in [0.5, 0.6) is 5.75 Å². The quantitative estimate of drug-likeness (QED) is 0.565. The predicted molar refractivity (Wildman–Crippen MR) is 98.0 cm³/mol. The van der Waals surface area contributed by atoms with E-state index in [1.165, 1.54) is 34.4 Å². The van der Waals surface area contributed by atoms with Crippen LogP contribution in [0.1, 0.15) is 21.3 Å². The molecule has 1 aliphatic heterocycles. The molecule has 134 valence electrons. The van der Waals surface area contributed by atoms with Gasteiger partial charge in [0.25, 0.3) is 5.91 Å². The molecule has 3 rings (SSSR count). The predicted octanol–water partition coefficient (Wildman–Crippen LogP) is 1.89. The molecule has 0 saturated carbocycles. The number of amides is 3. The number of benzene rings is 1. The van der Waals surface area contributed by atoms with Gasteiger partial charge in [-0.2, -0.15) is 0 Å². The minimum Gasteiger partial charge on any atom is -0.507 e. The summed E-state index contributed by atoms with van der Waals surface area (Å²) < 4.78 is 0. The topological polar surface area (TPSA) is 98.7 Å². The van der Waals surface area contributed by atoms with Gasteiger partial charge < -0.3 is 20.6 Å². The van der Waals surface area contributed by atoms with Gasteiger partial charge in [-0.3, -0.25) is 14.4 Å². The van der Waals surface area contributed by atoms with Gasteiger partial charge in [0.2, 0.25) is 11.8 Å². The van der Waals surface area contributed by atoms with Crippen LogP contribution in [0, 0.1) is 0 Å². The Labute approximate surface area is 153 Å². The maximum atomic E-state index is 13.0. The zero-order valence-corrected chi connectivity index (χ0v) is 14.6. The summed E-state index contributed by atoms with van der Waals surface area (Å²) in [6.07, 6.45) is 1.11. The van der Waals surface area contributed by atoms with Crippen LogP contribution >= 0.6 is 11.3 Å². The van der Waals surface area contributed by atoms with E-state index in [0.29, 0.717) is 18.8 Å². The van der Waals surface area contributed by atoms with Crippen molar-refractivity contribution in [1.29, 1.82) is 0 Å². The maximum Gasteiger partial charge on any atom is 0.258 e. The molecule has 7 nitrogen and oxygen atoms in total. The fraction of sp³-hybridized carbons (Fsp3) is 0.167. The van der Waals surface area contributed by atoms with Crippen molar-refractivity contribution < 1.29 is 19.5 Å². The van der Waals surface area contributed by atoms with Crippen molar-refractivity contribution in [3.8, 4) is 5.75 Å². The monoisotopic (exact) mass is 371 g/mol. The summed E-state index contributed by atoms with van der Waals surface area (Å²) in [4.78, 5) is 39.0. The minimum atomic E-state index is -0.748. The van der Waals surface area contributed by atoms with Crippen molar-refractivity contribution in [3.63, 3.8) is 0 Å². The molecule has 1 aliphatic rings. The SMILES string of the molecule is C=CC(=O)Nc1ccc(O)c(C(=O)N2CCNC(=O)C2c2cccs2)c1. The molecule has 1 aromatic carbocycles. The van der Waals surface area contributed by atoms with Gasteiger partial charge in [-0.15, -0.1) is 11.3 Å². The minimum absolute atomic E-state index is 0.0168. The molecule has 3 N–H and O–H groups in total.